The molecule has 2 fully saturated rings. The average Bonchev–Trinajstić information content (AvgIpc) is 3.20. The number of methoxy groups -OCH3 is 2. The number of imide groups is 1. The molecule has 0 aliphatic carbocycles. The number of hydrogen-bond donors (Lipinski definition) is 1. The fourth-order valence-electron chi connectivity index (χ4n) is 4.26. The highest BCUT2D eigenvalue weighted by Gasteiger charge is 2.35. The van der Waals surface area contributed by atoms with Gasteiger partial charge in [-0.15, -0.1) is 0 Å². The van der Waals surface area contributed by atoms with Crippen molar-refractivity contribution in [3.05, 3.63) is 57.5 Å². The summed E-state index contributed by atoms with van der Waals surface area (Å²) in [7, 11) is -0.732. The van der Waals surface area contributed by atoms with Crippen molar-refractivity contribution in [2.75, 3.05) is 40.4 Å². The topological polar surface area (TPSA) is 122 Å². The Labute approximate surface area is 236 Å². The van der Waals surface area contributed by atoms with Gasteiger partial charge in [0.25, 0.3) is 17.1 Å². The number of halogens is 1. The largest absolute Gasteiger partial charge is 0.493 e. The molecule has 2 aromatic carbocycles. The average molecular weight is 594 g/mol. The molecule has 0 unspecified atom stereocenters. The molecule has 3 amide bonds. The SMILES string of the molecule is COc1ccc(/C=C2\SC(=O)N(CCNC(=O)c3cc(S(=O)(=O)N4CCCCC4)ccc3Cl)C2=O)cc1OC. The van der Waals surface area contributed by atoms with Crippen LogP contribution in [0.5, 0.6) is 11.5 Å². The van der Waals surface area contributed by atoms with E-state index in [2.05, 4.69) is 5.32 Å². The molecular formula is C26H28ClN3O7S2. The highest BCUT2D eigenvalue weighted by atomic mass is 35.5. The van der Waals surface area contributed by atoms with Crippen molar-refractivity contribution in [3.8, 4) is 11.5 Å². The number of carbonyl (C=O) groups excluding carboxylic acids is 3. The van der Waals surface area contributed by atoms with Gasteiger partial charge in [-0.05, 0) is 66.6 Å². The van der Waals surface area contributed by atoms with Crippen LogP contribution in [0, 0.1) is 0 Å². The Morgan fingerprint density at radius 2 is 1.77 bits per heavy atom. The van der Waals surface area contributed by atoms with Crippen LogP contribution < -0.4 is 14.8 Å². The number of carbonyl (C=O) groups is 3. The first-order valence-corrected chi connectivity index (χ1v) is 14.8. The molecule has 4 rings (SSSR count). The van der Waals surface area contributed by atoms with Gasteiger partial charge in [0.15, 0.2) is 11.5 Å². The number of nitrogens with zero attached hydrogens (tertiary/aromatic N) is 2. The van der Waals surface area contributed by atoms with Crippen LogP contribution in [0.4, 0.5) is 4.79 Å². The molecule has 0 bridgehead atoms. The maximum absolute atomic E-state index is 13.0. The fourth-order valence-corrected chi connectivity index (χ4v) is 6.87. The number of sulfonamides is 1. The van der Waals surface area contributed by atoms with Crippen LogP contribution in [0.15, 0.2) is 46.2 Å². The summed E-state index contributed by atoms with van der Waals surface area (Å²) in [5.41, 5.74) is 0.651. The van der Waals surface area contributed by atoms with Gasteiger partial charge in [0.1, 0.15) is 0 Å². The molecule has 2 aliphatic heterocycles. The molecule has 2 aliphatic rings. The summed E-state index contributed by atoms with van der Waals surface area (Å²) in [5, 5.41) is 2.25. The zero-order valence-corrected chi connectivity index (χ0v) is 23.8. The molecule has 10 nitrogen and oxygen atoms in total. The third-order valence-electron chi connectivity index (χ3n) is 6.34. The third kappa shape index (κ3) is 6.40. The van der Waals surface area contributed by atoms with E-state index in [1.54, 1.807) is 24.3 Å². The number of nitrogens with one attached hydrogen (secondary N) is 1. The Morgan fingerprint density at radius 1 is 1.05 bits per heavy atom. The van der Waals surface area contributed by atoms with Crippen LogP contribution in [-0.2, 0) is 14.8 Å². The maximum Gasteiger partial charge on any atom is 0.293 e. The first kappa shape index (κ1) is 28.9. The van der Waals surface area contributed by atoms with E-state index in [9.17, 15) is 22.8 Å². The quantitative estimate of drug-likeness (QED) is 0.433. The van der Waals surface area contributed by atoms with Gasteiger partial charge in [0, 0.05) is 26.2 Å². The van der Waals surface area contributed by atoms with Gasteiger partial charge in [-0.25, -0.2) is 8.42 Å². The Balaban J connectivity index is 1.40. The van der Waals surface area contributed by atoms with Crippen LogP contribution in [0.25, 0.3) is 6.08 Å². The Hall–Kier alpha value is -3.06. The first-order chi connectivity index (χ1) is 18.6. The van der Waals surface area contributed by atoms with Crippen LogP contribution in [-0.4, -0.2) is 75.1 Å². The van der Waals surface area contributed by atoms with Gasteiger partial charge < -0.3 is 14.8 Å². The molecule has 2 saturated heterocycles. The standard InChI is InChI=1S/C26H28ClN3O7S2/c1-36-21-9-6-17(14-22(21)37-2)15-23-25(32)30(26(33)38-23)13-10-28-24(31)19-16-18(7-8-20(19)27)39(34,35)29-11-4-3-5-12-29/h6-9,14-16H,3-5,10-13H2,1-2H3,(H,28,31)/b23-15-. The van der Waals surface area contributed by atoms with E-state index in [1.807, 2.05) is 0 Å². The zero-order valence-electron chi connectivity index (χ0n) is 21.4. The van der Waals surface area contributed by atoms with E-state index in [-0.39, 0.29) is 33.5 Å². The van der Waals surface area contributed by atoms with E-state index < -0.39 is 27.1 Å². The van der Waals surface area contributed by atoms with Crippen molar-refractivity contribution in [2.45, 2.75) is 24.2 Å². The van der Waals surface area contributed by atoms with Gasteiger partial charge in [-0.3, -0.25) is 19.3 Å². The highest BCUT2D eigenvalue weighted by molar-refractivity contribution is 8.18. The fraction of sp³-hybridized carbons (Fsp3) is 0.346. The highest BCUT2D eigenvalue weighted by Crippen LogP contribution is 2.34. The minimum atomic E-state index is -3.75. The number of amides is 3. The molecule has 2 heterocycles. The second kappa shape index (κ2) is 12.4. The Bertz CT molecular complexity index is 1420. The molecule has 1 N–H and O–H groups in total. The van der Waals surface area contributed by atoms with E-state index in [0.29, 0.717) is 30.2 Å². The number of rotatable bonds is 9. The van der Waals surface area contributed by atoms with Gasteiger partial charge in [-0.1, -0.05) is 24.1 Å². The molecule has 0 aromatic heterocycles. The minimum Gasteiger partial charge on any atom is -0.493 e. The summed E-state index contributed by atoms with van der Waals surface area (Å²) in [6, 6.07) is 9.14. The molecule has 13 heteroatoms. The van der Waals surface area contributed by atoms with Crippen molar-refractivity contribution in [1.29, 1.82) is 0 Å². The summed E-state index contributed by atoms with van der Waals surface area (Å²) in [5.74, 6) is -0.0712. The van der Waals surface area contributed by atoms with Crippen molar-refractivity contribution in [3.63, 3.8) is 0 Å². The van der Waals surface area contributed by atoms with Gasteiger partial charge in [0.2, 0.25) is 10.0 Å². The van der Waals surface area contributed by atoms with Crippen molar-refractivity contribution in [1.82, 2.24) is 14.5 Å². The maximum atomic E-state index is 13.0. The molecule has 0 saturated carbocycles. The number of ether oxygens (including phenoxy) is 2. The monoisotopic (exact) mass is 593 g/mol. The summed E-state index contributed by atoms with van der Waals surface area (Å²) in [6.07, 6.45) is 4.14. The first-order valence-electron chi connectivity index (χ1n) is 12.2. The number of hydrogen-bond acceptors (Lipinski definition) is 8. The molecular weight excluding hydrogens is 566 g/mol. The van der Waals surface area contributed by atoms with Crippen LogP contribution in [0.1, 0.15) is 35.2 Å². The van der Waals surface area contributed by atoms with Crippen molar-refractivity contribution < 1.29 is 32.3 Å². The molecule has 39 heavy (non-hydrogen) atoms. The summed E-state index contributed by atoms with van der Waals surface area (Å²) in [6.45, 7) is 0.763. The lowest BCUT2D eigenvalue weighted by molar-refractivity contribution is -0.122. The van der Waals surface area contributed by atoms with Gasteiger partial charge >= 0.3 is 0 Å². The molecule has 0 spiro atoms. The summed E-state index contributed by atoms with van der Waals surface area (Å²) in [4.78, 5) is 39.5. The summed E-state index contributed by atoms with van der Waals surface area (Å²) >= 11 is 7.00. The Kier molecular flexibility index (Phi) is 9.21. The number of benzene rings is 2. The normalized spacial score (nSPS) is 17.5. The van der Waals surface area contributed by atoms with Crippen molar-refractivity contribution >= 4 is 56.5 Å². The lowest BCUT2D eigenvalue weighted by Crippen LogP contribution is -2.37. The number of piperidine rings is 1. The predicted molar refractivity (Wildman–Crippen MR) is 149 cm³/mol. The van der Waals surface area contributed by atoms with Crippen molar-refractivity contribution in [2.24, 2.45) is 0 Å². The van der Waals surface area contributed by atoms with E-state index in [0.717, 1.165) is 35.9 Å². The second-order valence-electron chi connectivity index (χ2n) is 8.81. The van der Waals surface area contributed by atoms with Gasteiger partial charge in [-0.2, -0.15) is 4.31 Å². The molecule has 2 aromatic rings. The minimum absolute atomic E-state index is 0.00256. The lowest BCUT2D eigenvalue weighted by atomic mass is 10.2. The smallest absolute Gasteiger partial charge is 0.293 e. The van der Waals surface area contributed by atoms with Crippen LogP contribution in [0.3, 0.4) is 0 Å². The summed E-state index contributed by atoms with van der Waals surface area (Å²) < 4.78 is 37.9. The lowest BCUT2D eigenvalue weighted by Gasteiger charge is -2.26. The third-order valence-corrected chi connectivity index (χ3v) is 9.47. The molecule has 0 radical (unpaired) electrons. The predicted octanol–water partition coefficient (Wildman–Crippen LogP) is 4.00. The van der Waals surface area contributed by atoms with Gasteiger partial charge in [0.05, 0.1) is 34.6 Å². The molecule has 208 valence electrons. The second-order valence-corrected chi connectivity index (χ2v) is 12.1. The Morgan fingerprint density at radius 3 is 2.46 bits per heavy atom. The van der Waals surface area contributed by atoms with E-state index in [4.69, 9.17) is 21.1 Å². The van der Waals surface area contributed by atoms with E-state index in [1.165, 1.54) is 36.7 Å². The number of thioether (sulfide) groups is 1. The zero-order chi connectivity index (χ0) is 28.2. The molecule has 0 atom stereocenters. The van der Waals surface area contributed by atoms with Crippen LogP contribution in [0.2, 0.25) is 5.02 Å². The van der Waals surface area contributed by atoms with E-state index >= 15 is 0 Å². The van der Waals surface area contributed by atoms with Crippen LogP contribution >= 0.6 is 23.4 Å².